The number of aromatic nitrogens is 2. The Kier molecular flexibility index (Phi) is 4.40. The first-order valence-corrected chi connectivity index (χ1v) is 7.58. The number of rotatable bonds is 3. The molecule has 2 aliphatic rings. The molecule has 0 bridgehead atoms. The lowest BCUT2D eigenvalue weighted by Crippen LogP contribution is -2.45. The van der Waals surface area contributed by atoms with Crippen LogP contribution in [0.25, 0.3) is 0 Å². The molecular weight excluding hydrogens is 272 g/mol. The number of amides is 2. The SMILES string of the molecule is CCn1cc(NC(=O)N2CCCC(C3OCCO3)C2)cn1. The Bertz CT molecular complexity index is 484. The quantitative estimate of drug-likeness (QED) is 0.917. The Balaban J connectivity index is 1.56. The lowest BCUT2D eigenvalue weighted by Gasteiger charge is -2.34. The number of piperidine rings is 1. The van der Waals surface area contributed by atoms with E-state index in [1.165, 1.54) is 0 Å². The van der Waals surface area contributed by atoms with Crippen LogP contribution >= 0.6 is 0 Å². The number of ether oxygens (including phenoxy) is 2. The van der Waals surface area contributed by atoms with Gasteiger partial charge in [0, 0.05) is 31.7 Å². The van der Waals surface area contributed by atoms with Crippen LogP contribution in [-0.4, -0.2) is 53.3 Å². The fourth-order valence-electron chi connectivity index (χ4n) is 2.87. The van der Waals surface area contributed by atoms with Gasteiger partial charge in [-0.1, -0.05) is 0 Å². The zero-order valence-electron chi connectivity index (χ0n) is 12.3. The summed E-state index contributed by atoms with van der Waals surface area (Å²) >= 11 is 0. The average molecular weight is 294 g/mol. The Labute approximate surface area is 124 Å². The molecule has 0 radical (unpaired) electrons. The number of nitrogens with zero attached hydrogens (tertiary/aromatic N) is 3. The third-order valence-corrected chi connectivity index (χ3v) is 3.99. The second-order valence-electron chi connectivity index (χ2n) is 5.47. The standard InChI is InChI=1S/C14H22N4O3/c1-2-18-10-12(8-15-18)16-14(19)17-5-3-4-11(9-17)13-20-6-7-21-13/h8,10-11,13H,2-7,9H2,1H3,(H,16,19). The number of aryl methyl sites for hydroxylation is 1. The van der Waals surface area contributed by atoms with Crippen molar-refractivity contribution in [1.29, 1.82) is 0 Å². The van der Waals surface area contributed by atoms with E-state index in [0.717, 1.165) is 31.6 Å². The summed E-state index contributed by atoms with van der Waals surface area (Å²) in [5.41, 5.74) is 0.734. The van der Waals surface area contributed by atoms with E-state index in [9.17, 15) is 4.79 Å². The molecule has 0 spiro atoms. The predicted molar refractivity (Wildman–Crippen MR) is 76.9 cm³/mol. The maximum absolute atomic E-state index is 12.3. The fraction of sp³-hybridized carbons (Fsp3) is 0.714. The summed E-state index contributed by atoms with van der Waals surface area (Å²) in [6.07, 6.45) is 5.38. The molecule has 0 aliphatic carbocycles. The van der Waals surface area contributed by atoms with E-state index in [1.807, 2.05) is 18.0 Å². The summed E-state index contributed by atoms with van der Waals surface area (Å²) < 4.78 is 12.9. The second kappa shape index (κ2) is 6.44. The van der Waals surface area contributed by atoms with Crippen LogP contribution in [0.1, 0.15) is 19.8 Å². The number of anilines is 1. The van der Waals surface area contributed by atoms with Crippen molar-refractivity contribution < 1.29 is 14.3 Å². The minimum atomic E-state index is -0.150. The summed E-state index contributed by atoms with van der Waals surface area (Å²) in [6.45, 7) is 5.57. The summed E-state index contributed by atoms with van der Waals surface area (Å²) in [5, 5.41) is 7.05. The third-order valence-electron chi connectivity index (χ3n) is 3.99. The molecule has 1 aromatic rings. The summed E-state index contributed by atoms with van der Waals surface area (Å²) in [4.78, 5) is 14.2. The Morgan fingerprint density at radius 1 is 1.48 bits per heavy atom. The second-order valence-corrected chi connectivity index (χ2v) is 5.47. The molecule has 3 heterocycles. The van der Waals surface area contributed by atoms with Gasteiger partial charge < -0.3 is 19.7 Å². The van der Waals surface area contributed by atoms with E-state index >= 15 is 0 Å². The number of carbonyl (C=O) groups is 1. The van der Waals surface area contributed by atoms with Gasteiger partial charge in [0.1, 0.15) is 0 Å². The minimum Gasteiger partial charge on any atom is -0.350 e. The summed E-state index contributed by atoms with van der Waals surface area (Å²) in [5.74, 6) is 0.269. The van der Waals surface area contributed by atoms with Gasteiger partial charge in [-0.25, -0.2) is 4.79 Å². The van der Waals surface area contributed by atoms with Crippen molar-refractivity contribution in [3.8, 4) is 0 Å². The molecule has 1 atom stereocenters. The minimum absolute atomic E-state index is 0.0756. The summed E-state index contributed by atoms with van der Waals surface area (Å²) in [7, 11) is 0. The molecule has 21 heavy (non-hydrogen) atoms. The largest absolute Gasteiger partial charge is 0.350 e. The molecule has 0 saturated carbocycles. The van der Waals surface area contributed by atoms with Gasteiger partial charge in [0.05, 0.1) is 25.1 Å². The maximum atomic E-state index is 12.3. The molecule has 3 rings (SSSR count). The first kappa shape index (κ1) is 14.3. The highest BCUT2D eigenvalue weighted by molar-refractivity contribution is 5.89. The van der Waals surface area contributed by atoms with Gasteiger partial charge in [-0.3, -0.25) is 4.68 Å². The highest BCUT2D eigenvalue weighted by atomic mass is 16.7. The number of hydrogen-bond donors (Lipinski definition) is 1. The zero-order chi connectivity index (χ0) is 14.7. The molecule has 2 fully saturated rings. The average Bonchev–Trinajstić information content (AvgIpc) is 3.18. The number of hydrogen-bond acceptors (Lipinski definition) is 4. The fourth-order valence-corrected chi connectivity index (χ4v) is 2.87. The lowest BCUT2D eigenvalue weighted by atomic mass is 9.98. The Hall–Kier alpha value is -1.60. The van der Waals surface area contributed by atoms with Gasteiger partial charge in [0.25, 0.3) is 0 Å². The molecule has 7 heteroatoms. The lowest BCUT2D eigenvalue weighted by molar-refractivity contribution is -0.0959. The van der Waals surface area contributed by atoms with E-state index in [0.29, 0.717) is 19.8 Å². The van der Waals surface area contributed by atoms with E-state index in [-0.39, 0.29) is 18.2 Å². The van der Waals surface area contributed by atoms with Gasteiger partial charge in [0.2, 0.25) is 0 Å². The van der Waals surface area contributed by atoms with E-state index < -0.39 is 0 Å². The van der Waals surface area contributed by atoms with Crippen molar-refractivity contribution in [1.82, 2.24) is 14.7 Å². The number of urea groups is 1. The van der Waals surface area contributed by atoms with Crippen molar-refractivity contribution >= 4 is 11.7 Å². The zero-order valence-corrected chi connectivity index (χ0v) is 12.3. The summed E-state index contributed by atoms with van der Waals surface area (Å²) in [6, 6.07) is -0.0756. The number of likely N-dealkylation sites (tertiary alicyclic amines) is 1. The normalized spacial score (nSPS) is 23.5. The van der Waals surface area contributed by atoms with Gasteiger partial charge in [-0.05, 0) is 19.8 Å². The van der Waals surface area contributed by atoms with Crippen LogP contribution in [0.3, 0.4) is 0 Å². The molecule has 116 valence electrons. The topological polar surface area (TPSA) is 68.6 Å². The van der Waals surface area contributed by atoms with Crippen molar-refractivity contribution in [2.45, 2.75) is 32.6 Å². The molecule has 2 aliphatic heterocycles. The molecular formula is C14H22N4O3. The first-order valence-electron chi connectivity index (χ1n) is 7.58. The first-order chi connectivity index (χ1) is 10.3. The Morgan fingerprint density at radius 3 is 3.00 bits per heavy atom. The van der Waals surface area contributed by atoms with E-state index in [2.05, 4.69) is 10.4 Å². The predicted octanol–water partition coefficient (Wildman–Crippen LogP) is 1.52. The van der Waals surface area contributed by atoms with Crippen molar-refractivity contribution in [3.63, 3.8) is 0 Å². The van der Waals surface area contributed by atoms with Crippen LogP contribution in [0.5, 0.6) is 0 Å². The van der Waals surface area contributed by atoms with Crippen LogP contribution in [-0.2, 0) is 16.0 Å². The molecule has 7 nitrogen and oxygen atoms in total. The van der Waals surface area contributed by atoms with Crippen LogP contribution < -0.4 is 5.32 Å². The number of carbonyl (C=O) groups excluding carboxylic acids is 1. The van der Waals surface area contributed by atoms with Crippen molar-refractivity contribution in [2.75, 3.05) is 31.6 Å². The van der Waals surface area contributed by atoms with Crippen LogP contribution in [0, 0.1) is 5.92 Å². The molecule has 1 unspecified atom stereocenters. The van der Waals surface area contributed by atoms with E-state index in [1.54, 1.807) is 10.9 Å². The smallest absolute Gasteiger partial charge is 0.321 e. The monoisotopic (exact) mass is 294 g/mol. The van der Waals surface area contributed by atoms with Gasteiger partial charge in [-0.15, -0.1) is 0 Å². The van der Waals surface area contributed by atoms with Gasteiger partial charge >= 0.3 is 6.03 Å². The molecule has 2 saturated heterocycles. The molecule has 1 aromatic heterocycles. The van der Waals surface area contributed by atoms with Crippen LogP contribution in [0.2, 0.25) is 0 Å². The van der Waals surface area contributed by atoms with Crippen molar-refractivity contribution in [3.05, 3.63) is 12.4 Å². The third kappa shape index (κ3) is 3.36. The van der Waals surface area contributed by atoms with Crippen molar-refractivity contribution in [2.24, 2.45) is 5.92 Å². The highest BCUT2D eigenvalue weighted by Gasteiger charge is 2.32. The van der Waals surface area contributed by atoms with Gasteiger partial charge in [-0.2, -0.15) is 5.10 Å². The van der Waals surface area contributed by atoms with Gasteiger partial charge in [0.15, 0.2) is 6.29 Å². The highest BCUT2D eigenvalue weighted by Crippen LogP contribution is 2.25. The van der Waals surface area contributed by atoms with Crippen LogP contribution in [0.15, 0.2) is 12.4 Å². The maximum Gasteiger partial charge on any atom is 0.321 e. The molecule has 2 amide bonds. The van der Waals surface area contributed by atoms with Crippen LogP contribution in [0.4, 0.5) is 10.5 Å². The molecule has 0 aromatic carbocycles. The Morgan fingerprint density at radius 2 is 2.29 bits per heavy atom. The molecule has 1 N–H and O–H groups in total. The number of nitrogens with one attached hydrogen (secondary N) is 1. The van der Waals surface area contributed by atoms with E-state index in [4.69, 9.17) is 9.47 Å².